The zero-order valence-corrected chi connectivity index (χ0v) is 35.1. The smallest absolute Gasteiger partial charge is 0.312 e. The third kappa shape index (κ3) is 11.1. The average Bonchev–Trinajstić information content (AvgIpc) is 4.03. The van der Waals surface area contributed by atoms with Crippen molar-refractivity contribution >= 4 is 64.8 Å². The first-order chi connectivity index (χ1) is 29.8. The van der Waals surface area contributed by atoms with Gasteiger partial charge in [-0.2, -0.15) is 0 Å². The van der Waals surface area contributed by atoms with Gasteiger partial charge in [0.25, 0.3) is 11.8 Å². The maximum absolute atomic E-state index is 14.0. The Bertz CT molecular complexity index is 2160. The topological polar surface area (TPSA) is 263 Å². The van der Waals surface area contributed by atoms with Crippen molar-refractivity contribution < 1.29 is 38.7 Å². The highest BCUT2D eigenvalue weighted by Crippen LogP contribution is 2.50. The van der Waals surface area contributed by atoms with Gasteiger partial charge in [0, 0.05) is 87.5 Å². The number of aromatic nitrogens is 1. The minimum atomic E-state index is -0.861. The van der Waals surface area contributed by atoms with Gasteiger partial charge >= 0.3 is 6.03 Å². The third-order valence-electron chi connectivity index (χ3n) is 11.6. The van der Waals surface area contributed by atoms with Gasteiger partial charge < -0.3 is 42.3 Å². The van der Waals surface area contributed by atoms with E-state index in [1.54, 1.807) is 22.1 Å². The van der Waals surface area contributed by atoms with E-state index in [0.717, 1.165) is 28.1 Å². The Kier molecular flexibility index (Phi) is 14.9. The molecule has 3 aliphatic heterocycles. The van der Waals surface area contributed by atoms with Crippen molar-refractivity contribution in [2.45, 2.75) is 95.6 Å². The monoisotopic (exact) mass is 852 g/mol. The van der Waals surface area contributed by atoms with Gasteiger partial charge in [-0.1, -0.05) is 25.5 Å². The maximum atomic E-state index is 14.0. The number of hydrogen-bond acceptors (Lipinski definition) is 11. The molecule has 4 aliphatic rings. The highest BCUT2D eigenvalue weighted by molar-refractivity contribution is 6.13. The predicted octanol–water partition coefficient (Wildman–Crippen LogP) is 2.06. The molecule has 0 bridgehead atoms. The molecule has 1 unspecified atom stereocenters. The van der Waals surface area contributed by atoms with E-state index in [0.29, 0.717) is 80.5 Å². The molecular formula is C44H56N10O8. The number of amides is 8. The fourth-order valence-corrected chi connectivity index (χ4v) is 8.09. The number of primary amides is 1. The number of unbranched alkanes of at least 4 members (excludes halogenated alkanes) is 2. The fourth-order valence-electron chi connectivity index (χ4n) is 8.09. The van der Waals surface area contributed by atoms with Crippen LogP contribution in [0.25, 0.3) is 6.08 Å². The largest absolute Gasteiger partial charge is 0.395 e. The number of nitrogens with two attached hydrogens (primary N) is 2. The highest BCUT2D eigenvalue weighted by atomic mass is 16.3. The fraction of sp³-hybridized carbons (Fsp3) is 0.477. The standard InChI is InChI=1S/C44H56N10O8/c1-2-17-52(20-21-55)40(59)29-22-28-9-10-31(25-35(28)50-36(45)24-29)44(14-15-44)42(61)49-32-23-30-27-53(19-13-33(30)48-26-32)41(60)34(7-6-16-47-43(46)62)51-37(56)8-4-3-5-18-54-38(57)11-12-39(54)58/h9-12,22-23,25-26,34,55H,2-8,13-21,24,27H2,1H3,(H2,45,50)(H,49,61)(H,51,56)(H3,46,47,62). The number of nitrogens with one attached hydrogen (secondary N) is 3. The van der Waals surface area contributed by atoms with Crippen LogP contribution in [-0.4, -0.2) is 117 Å². The molecule has 1 aromatic heterocycles. The first-order valence-electron chi connectivity index (χ1n) is 21.3. The normalized spacial score (nSPS) is 16.6. The second-order valence-corrected chi connectivity index (χ2v) is 16.1. The Hall–Kier alpha value is -6.43. The van der Waals surface area contributed by atoms with Crippen LogP contribution in [0.2, 0.25) is 0 Å². The van der Waals surface area contributed by atoms with Gasteiger partial charge in [0.1, 0.15) is 11.9 Å². The second-order valence-electron chi connectivity index (χ2n) is 16.1. The molecule has 0 radical (unpaired) electrons. The molecule has 6 rings (SSSR count). The number of hydrogen-bond donors (Lipinski definition) is 6. The first kappa shape index (κ1) is 45.1. The number of aliphatic hydroxyl groups excluding tert-OH is 1. The number of carbonyl (C=O) groups is 7. The molecule has 1 fully saturated rings. The number of nitrogens with zero attached hydrogens (tertiary/aromatic N) is 5. The molecule has 0 spiro atoms. The lowest BCUT2D eigenvalue weighted by Crippen LogP contribution is -2.50. The Morgan fingerprint density at radius 2 is 1.79 bits per heavy atom. The number of aliphatic imine (C=N–C) groups is 1. The Morgan fingerprint density at radius 3 is 2.50 bits per heavy atom. The molecule has 8 amide bonds. The summed E-state index contributed by atoms with van der Waals surface area (Å²) >= 11 is 0. The van der Waals surface area contributed by atoms with E-state index in [1.807, 2.05) is 31.2 Å². The van der Waals surface area contributed by atoms with Crippen LogP contribution in [0.15, 0.2) is 53.2 Å². The van der Waals surface area contributed by atoms with Crippen LogP contribution in [0.5, 0.6) is 0 Å². The summed E-state index contributed by atoms with van der Waals surface area (Å²) in [5, 5.41) is 17.9. The summed E-state index contributed by atoms with van der Waals surface area (Å²) in [5.74, 6) is -1.42. The van der Waals surface area contributed by atoms with Gasteiger partial charge in [0.2, 0.25) is 23.6 Å². The molecule has 1 aromatic carbocycles. The van der Waals surface area contributed by atoms with Crippen LogP contribution >= 0.6 is 0 Å². The Labute approximate surface area is 360 Å². The molecule has 18 heteroatoms. The van der Waals surface area contributed by atoms with Crippen molar-refractivity contribution in [3.8, 4) is 0 Å². The SMILES string of the molecule is CCCN(CCO)C(=O)C1=Cc2ccc(C3(C(=O)Nc4cnc5c(c4)CN(C(=O)C(CCCNC(N)=O)NC(=O)CCCCCN4C(=O)C=CC4=O)CC5)CC3)cc2N=C(N)C1. The number of anilines is 1. The minimum Gasteiger partial charge on any atom is -0.395 e. The molecule has 18 nitrogen and oxygen atoms in total. The van der Waals surface area contributed by atoms with Gasteiger partial charge in [-0.25, -0.2) is 9.79 Å². The van der Waals surface area contributed by atoms with Gasteiger partial charge in [-0.15, -0.1) is 0 Å². The average molecular weight is 853 g/mol. The number of amidine groups is 1. The number of imide groups is 1. The molecule has 2 aromatic rings. The van der Waals surface area contributed by atoms with Gasteiger partial charge in [0.15, 0.2) is 0 Å². The van der Waals surface area contributed by atoms with E-state index in [4.69, 9.17) is 11.5 Å². The molecular weight excluding hydrogens is 797 g/mol. The van der Waals surface area contributed by atoms with Crippen molar-refractivity contribution in [3.63, 3.8) is 0 Å². The van der Waals surface area contributed by atoms with Crippen molar-refractivity contribution in [2.24, 2.45) is 16.5 Å². The number of carbonyl (C=O) groups excluding carboxylic acids is 7. The number of fused-ring (bicyclic) bond motifs is 2. The van der Waals surface area contributed by atoms with Gasteiger partial charge in [-0.05, 0) is 74.3 Å². The Balaban J connectivity index is 1.08. The Morgan fingerprint density at radius 1 is 1.02 bits per heavy atom. The molecule has 1 aliphatic carbocycles. The number of aliphatic hydroxyl groups is 1. The minimum absolute atomic E-state index is 0.146. The first-order valence-corrected chi connectivity index (χ1v) is 21.3. The molecule has 330 valence electrons. The number of rotatable bonds is 20. The highest BCUT2D eigenvalue weighted by Gasteiger charge is 2.51. The summed E-state index contributed by atoms with van der Waals surface area (Å²) in [7, 11) is 0. The lowest BCUT2D eigenvalue weighted by Gasteiger charge is -2.32. The van der Waals surface area contributed by atoms with Crippen LogP contribution < -0.4 is 27.4 Å². The lowest BCUT2D eigenvalue weighted by molar-refractivity contribution is -0.137. The van der Waals surface area contributed by atoms with Crippen molar-refractivity contribution in [2.75, 3.05) is 44.6 Å². The lowest BCUT2D eigenvalue weighted by atomic mass is 9.92. The summed E-state index contributed by atoms with van der Waals surface area (Å²) in [4.78, 5) is 103. The molecule has 1 saturated carbocycles. The number of pyridine rings is 1. The molecule has 4 heterocycles. The number of benzene rings is 1. The van der Waals surface area contributed by atoms with Crippen LogP contribution in [0.4, 0.5) is 16.2 Å². The molecule has 8 N–H and O–H groups in total. The van der Waals surface area contributed by atoms with Crippen LogP contribution in [0, 0.1) is 0 Å². The van der Waals surface area contributed by atoms with Gasteiger partial charge in [-0.3, -0.25) is 38.7 Å². The van der Waals surface area contributed by atoms with E-state index in [9.17, 15) is 38.7 Å². The maximum Gasteiger partial charge on any atom is 0.312 e. The zero-order chi connectivity index (χ0) is 44.4. The van der Waals surface area contributed by atoms with Crippen molar-refractivity contribution in [1.82, 2.24) is 30.3 Å². The van der Waals surface area contributed by atoms with Crippen LogP contribution in [0.1, 0.15) is 93.5 Å². The van der Waals surface area contributed by atoms with Crippen molar-refractivity contribution in [1.29, 1.82) is 0 Å². The third-order valence-corrected chi connectivity index (χ3v) is 11.6. The zero-order valence-electron chi connectivity index (χ0n) is 35.1. The van der Waals surface area contributed by atoms with Crippen LogP contribution in [-0.2, 0) is 47.1 Å². The van der Waals surface area contributed by atoms with E-state index >= 15 is 0 Å². The summed E-state index contributed by atoms with van der Waals surface area (Å²) in [5.41, 5.74) is 15.3. The van der Waals surface area contributed by atoms with Crippen molar-refractivity contribution in [3.05, 3.63) is 70.6 Å². The molecule has 1 atom stereocenters. The number of urea groups is 1. The quantitative estimate of drug-likeness (QED) is 0.0835. The van der Waals surface area contributed by atoms with E-state index in [1.165, 1.54) is 12.2 Å². The van der Waals surface area contributed by atoms with Gasteiger partial charge in [0.05, 0.1) is 29.6 Å². The molecule has 62 heavy (non-hydrogen) atoms. The van der Waals surface area contributed by atoms with E-state index in [-0.39, 0.29) is 93.3 Å². The van der Waals surface area contributed by atoms with E-state index in [2.05, 4.69) is 25.9 Å². The second kappa shape index (κ2) is 20.4. The summed E-state index contributed by atoms with van der Waals surface area (Å²) in [6.07, 6.45) is 10.9. The summed E-state index contributed by atoms with van der Waals surface area (Å²) in [6, 6.07) is 5.86. The summed E-state index contributed by atoms with van der Waals surface area (Å²) < 4.78 is 0. The van der Waals surface area contributed by atoms with Crippen LogP contribution in [0.3, 0.4) is 0 Å². The predicted molar refractivity (Wildman–Crippen MR) is 230 cm³/mol. The van der Waals surface area contributed by atoms with E-state index < -0.39 is 17.5 Å². The molecule has 0 saturated heterocycles. The summed E-state index contributed by atoms with van der Waals surface area (Å²) in [6.45, 7) is 3.63.